The van der Waals surface area contributed by atoms with Crippen LogP contribution >= 0.6 is 7.37 Å². The molecule has 0 saturated carbocycles. The molecule has 0 saturated heterocycles. The Hall–Kier alpha value is -2.01. The molecule has 2 aromatic carbocycles. The Kier molecular flexibility index (Phi) is 4.06. The lowest BCUT2D eigenvalue weighted by molar-refractivity contribution is 0.372. The van der Waals surface area contributed by atoms with Crippen molar-refractivity contribution >= 4 is 18.0 Å². The Morgan fingerprint density at radius 2 is 1.74 bits per heavy atom. The molecule has 1 atom stereocenters. The van der Waals surface area contributed by atoms with Crippen molar-refractivity contribution in [1.29, 1.82) is 0 Å². The first-order chi connectivity index (χ1) is 9.16. The van der Waals surface area contributed by atoms with Crippen LogP contribution in [0.1, 0.15) is 0 Å². The molecule has 0 aliphatic carbocycles. The molecular formula is C15H13O3P. The lowest BCUT2D eigenvalue weighted by atomic mass is 10.3. The van der Waals surface area contributed by atoms with E-state index in [1.165, 1.54) is 0 Å². The maximum atomic E-state index is 12.6. The van der Waals surface area contributed by atoms with E-state index in [4.69, 9.17) is 11.2 Å². The smallest absolute Gasteiger partial charge is 0.262 e. The van der Waals surface area contributed by atoms with Crippen LogP contribution in [0.2, 0.25) is 0 Å². The van der Waals surface area contributed by atoms with Gasteiger partial charge in [0, 0.05) is 5.30 Å². The zero-order valence-corrected chi connectivity index (χ0v) is 11.1. The summed E-state index contributed by atoms with van der Waals surface area (Å²) in [5.41, 5.74) is 0. The molecule has 2 rings (SSSR count). The van der Waals surface area contributed by atoms with Gasteiger partial charge >= 0.3 is 0 Å². The Morgan fingerprint density at radius 1 is 1.11 bits per heavy atom. The highest BCUT2D eigenvalue weighted by Gasteiger charge is 2.27. The molecule has 2 aromatic rings. The Labute approximate surface area is 112 Å². The summed E-state index contributed by atoms with van der Waals surface area (Å²) in [5, 5.41) is 0.628. The van der Waals surface area contributed by atoms with Crippen LogP contribution in [0.25, 0.3) is 0 Å². The maximum absolute atomic E-state index is 12.6. The van der Waals surface area contributed by atoms with Crippen LogP contribution in [-0.2, 0) is 4.57 Å². The third-order valence-corrected chi connectivity index (χ3v) is 4.63. The van der Waals surface area contributed by atoms with Gasteiger partial charge in [-0.25, -0.2) is 0 Å². The van der Waals surface area contributed by atoms with Crippen LogP contribution in [0.4, 0.5) is 0 Å². The van der Waals surface area contributed by atoms with E-state index >= 15 is 0 Å². The third kappa shape index (κ3) is 2.88. The Bertz CT molecular complexity index is 644. The predicted octanol–water partition coefficient (Wildman–Crippen LogP) is 1.92. The van der Waals surface area contributed by atoms with Crippen molar-refractivity contribution in [3.63, 3.8) is 0 Å². The van der Waals surface area contributed by atoms with Crippen LogP contribution in [0.5, 0.6) is 5.75 Å². The highest BCUT2D eigenvalue weighted by molar-refractivity contribution is 7.73. The molecular weight excluding hydrogens is 259 g/mol. The minimum absolute atomic E-state index is 0.0613. The zero-order valence-electron chi connectivity index (χ0n) is 10.2. The molecule has 0 aromatic heterocycles. The van der Waals surface area contributed by atoms with E-state index < -0.39 is 7.37 Å². The summed E-state index contributed by atoms with van der Waals surface area (Å²) in [6.07, 6.45) is 5.14. The standard InChI is InChI=1S/C15H13O3P/c1-2-12-18-14-10-6-7-11-15(14)19(16,17)13-8-4-3-5-9-13/h1,3-11H,12H2,(H,16,17). The number of hydrogen-bond acceptors (Lipinski definition) is 2. The van der Waals surface area contributed by atoms with E-state index in [2.05, 4.69) is 5.92 Å². The number of terminal acetylenes is 1. The molecule has 0 heterocycles. The summed E-state index contributed by atoms with van der Waals surface area (Å²) in [4.78, 5) is 10.4. The maximum Gasteiger partial charge on any atom is 0.262 e. The monoisotopic (exact) mass is 272 g/mol. The van der Waals surface area contributed by atoms with Crippen molar-refractivity contribution in [2.24, 2.45) is 0 Å². The molecule has 0 bridgehead atoms. The van der Waals surface area contributed by atoms with Gasteiger partial charge in [-0.1, -0.05) is 36.3 Å². The second kappa shape index (κ2) is 5.75. The third-order valence-electron chi connectivity index (χ3n) is 2.61. The summed E-state index contributed by atoms with van der Waals surface area (Å²) in [6.45, 7) is 0.0613. The van der Waals surface area contributed by atoms with Crippen molar-refractivity contribution in [3.8, 4) is 18.1 Å². The van der Waals surface area contributed by atoms with E-state index in [1.54, 1.807) is 54.6 Å². The lowest BCUT2D eigenvalue weighted by Crippen LogP contribution is -2.18. The molecule has 3 nitrogen and oxygen atoms in total. The summed E-state index contributed by atoms with van der Waals surface area (Å²) in [5.74, 6) is 2.68. The fourth-order valence-electron chi connectivity index (χ4n) is 1.72. The second-order valence-electron chi connectivity index (χ2n) is 3.87. The molecule has 0 amide bonds. The number of benzene rings is 2. The predicted molar refractivity (Wildman–Crippen MR) is 76.3 cm³/mol. The summed E-state index contributed by atoms with van der Waals surface area (Å²) in [7, 11) is -3.67. The van der Waals surface area contributed by atoms with Crippen molar-refractivity contribution < 1.29 is 14.2 Å². The first-order valence-electron chi connectivity index (χ1n) is 5.70. The van der Waals surface area contributed by atoms with E-state index in [0.29, 0.717) is 11.1 Å². The van der Waals surface area contributed by atoms with Crippen LogP contribution < -0.4 is 15.3 Å². The fraction of sp³-hybridized carbons (Fsp3) is 0.0667. The second-order valence-corrected chi connectivity index (χ2v) is 6.02. The van der Waals surface area contributed by atoms with Gasteiger partial charge in [0.15, 0.2) is 0 Å². The van der Waals surface area contributed by atoms with Crippen LogP contribution in [-0.4, -0.2) is 11.5 Å². The number of rotatable bonds is 4. The molecule has 1 unspecified atom stereocenters. The topological polar surface area (TPSA) is 46.5 Å². The number of ether oxygens (including phenoxy) is 1. The Balaban J connectivity index is 2.47. The highest BCUT2D eigenvalue weighted by Crippen LogP contribution is 2.41. The van der Waals surface area contributed by atoms with Gasteiger partial charge < -0.3 is 9.63 Å². The van der Waals surface area contributed by atoms with Crippen LogP contribution in [0.15, 0.2) is 54.6 Å². The van der Waals surface area contributed by atoms with Gasteiger partial charge in [0.2, 0.25) is 0 Å². The molecule has 0 fully saturated rings. The van der Waals surface area contributed by atoms with Crippen molar-refractivity contribution in [2.45, 2.75) is 0 Å². The lowest BCUT2D eigenvalue weighted by Gasteiger charge is -2.15. The van der Waals surface area contributed by atoms with Crippen molar-refractivity contribution in [1.82, 2.24) is 0 Å². The minimum atomic E-state index is -3.67. The van der Waals surface area contributed by atoms with Crippen LogP contribution in [0.3, 0.4) is 0 Å². The first kappa shape index (κ1) is 13.4. The summed E-state index contributed by atoms with van der Waals surface area (Å²) in [6, 6.07) is 15.1. The molecule has 0 aliphatic heterocycles. The van der Waals surface area contributed by atoms with Gasteiger partial charge in [0.25, 0.3) is 7.37 Å². The van der Waals surface area contributed by atoms with Gasteiger partial charge in [-0.3, -0.25) is 4.57 Å². The van der Waals surface area contributed by atoms with Gasteiger partial charge in [-0.2, -0.15) is 0 Å². The van der Waals surface area contributed by atoms with E-state index in [9.17, 15) is 9.46 Å². The van der Waals surface area contributed by atoms with E-state index in [1.807, 2.05) is 0 Å². The minimum Gasteiger partial charge on any atom is -0.480 e. The van der Waals surface area contributed by atoms with Crippen LogP contribution in [0, 0.1) is 12.3 Å². The largest absolute Gasteiger partial charge is 0.480 e. The molecule has 1 N–H and O–H groups in total. The molecule has 96 valence electrons. The fourth-order valence-corrected chi connectivity index (χ4v) is 3.30. The normalized spacial score (nSPS) is 13.3. The van der Waals surface area contributed by atoms with Gasteiger partial charge in [0.1, 0.15) is 12.4 Å². The van der Waals surface area contributed by atoms with Gasteiger partial charge in [-0.05, 0) is 24.3 Å². The Morgan fingerprint density at radius 3 is 2.42 bits per heavy atom. The first-order valence-corrected chi connectivity index (χ1v) is 7.36. The average molecular weight is 272 g/mol. The molecule has 0 spiro atoms. The highest BCUT2D eigenvalue weighted by atomic mass is 31.2. The SMILES string of the molecule is C#CCOc1ccccc1P(=O)(O)c1ccccc1. The molecule has 0 radical (unpaired) electrons. The van der Waals surface area contributed by atoms with Crippen molar-refractivity contribution in [3.05, 3.63) is 54.6 Å². The summed E-state index contributed by atoms with van der Waals surface area (Å²) < 4.78 is 18.0. The molecule has 4 heteroatoms. The number of para-hydroxylation sites is 1. The van der Waals surface area contributed by atoms with E-state index in [-0.39, 0.29) is 11.9 Å². The molecule has 0 aliphatic rings. The quantitative estimate of drug-likeness (QED) is 0.683. The zero-order chi connectivity index (χ0) is 13.7. The number of hydrogen-bond donors (Lipinski definition) is 1. The van der Waals surface area contributed by atoms with E-state index in [0.717, 1.165) is 0 Å². The molecule has 19 heavy (non-hydrogen) atoms. The summed E-state index contributed by atoms with van der Waals surface area (Å²) >= 11 is 0. The van der Waals surface area contributed by atoms with Crippen molar-refractivity contribution in [2.75, 3.05) is 6.61 Å². The van der Waals surface area contributed by atoms with Gasteiger partial charge in [0.05, 0.1) is 5.30 Å². The average Bonchev–Trinajstić information content (AvgIpc) is 2.46. The van der Waals surface area contributed by atoms with Gasteiger partial charge in [-0.15, -0.1) is 6.42 Å².